The highest BCUT2D eigenvalue weighted by atomic mass is 79.9. The van der Waals surface area contributed by atoms with Gasteiger partial charge in [-0.2, -0.15) is 4.98 Å². The highest BCUT2D eigenvalue weighted by molar-refractivity contribution is 9.10. The minimum absolute atomic E-state index is 0.0379. The molecular formula is C23H20BrN7O5. The fraction of sp³-hybridized carbons (Fsp3) is 0.174. The van der Waals surface area contributed by atoms with Gasteiger partial charge in [0.2, 0.25) is 5.88 Å². The van der Waals surface area contributed by atoms with Gasteiger partial charge in [0.05, 0.1) is 12.1 Å². The Bertz CT molecular complexity index is 1720. The number of hydrogen-bond acceptors (Lipinski definition) is 8. The van der Waals surface area contributed by atoms with E-state index in [1.807, 2.05) is 18.2 Å². The third kappa shape index (κ3) is 4.41. The van der Waals surface area contributed by atoms with E-state index in [0.29, 0.717) is 16.7 Å². The average Bonchev–Trinajstić information content (AvgIpc) is 3.38. The van der Waals surface area contributed by atoms with Gasteiger partial charge >= 0.3 is 5.69 Å². The van der Waals surface area contributed by atoms with Crippen molar-refractivity contribution >= 4 is 49.6 Å². The number of halogens is 1. The Morgan fingerprint density at radius 3 is 2.64 bits per heavy atom. The Morgan fingerprint density at radius 2 is 1.86 bits per heavy atom. The summed E-state index contributed by atoms with van der Waals surface area (Å²) in [5.74, 6) is 0.336. The second-order valence-electron chi connectivity index (χ2n) is 8.00. The number of rotatable bonds is 7. The number of aromatic amines is 2. The summed E-state index contributed by atoms with van der Waals surface area (Å²) >= 11 is 3.35. The van der Waals surface area contributed by atoms with E-state index in [0.717, 1.165) is 4.47 Å². The van der Waals surface area contributed by atoms with E-state index < -0.39 is 17.4 Å². The number of fused-ring (bicyclic) bond motifs is 2. The molecule has 0 aliphatic heterocycles. The molecule has 0 saturated carbocycles. The lowest BCUT2D eigenvalue weighted by molar-refractivity contribution is 0.0937. The number of aromatic nitrogens is 5. The molecule has 0 fully saturated rings. The van der Waals surface area contributed by atoms with Gasteiger partial charge in [0, 0.05) is 16.9 Å². The fourth-order valence-electron chi connectivity index (χ4n) is 3.77. The van der Waals surface area contributed by atoms with Crippen molar-refractivity contribution in [3.05, 3.63) is 73.8 Å². The van der Waals surface area contributed by atoms with E-state index in [-0.39, 0.29) is 41.8 Å². The van der Waals surface area contributed by atoms with Crippen LogP contribution in [0.5, 0.6) is 11.6 Å². The molecule has 0 radical (unpaired) electrons. The summed E-state index contributed by atoms with van der Waals surface area (Å²) in [5, 5.41) is 29.9. The summed E-state index contributed by atoms with van der Waals surface area (Å²) in [6.45, 7) is -0.201. The van der Waals surface area contributed by atoms with Gasteiger partial charge in [0.25, 0.3) is 11.5 Å². The third-order valence-corrected chi connectivity index (χ3v) is 6.06. The minimum atomic E-state index is -1.06. The Balaban J connectivity index is 1.52. The lowest BCUT2D eigenvalue weighted by Gasteiger charge is -2.14. The second kappa shape index (κ2) is 9.43. The maximum absolute atomic E-state index is 12.7. The lowest BCUT2D eigenvalue weighted by atomic mass is 10.2. The lowest BCUT2D eigenvalue weighted by Crippen LogP contribution is -2.30. The molecule has 5 aromatic rings. The molecule has 12 nitrogen and oxygen atoms in total. The zero-order valence-corrected chi connectivity index (χ0v) is 20.4. The summed E-state index contributed by atoms with van der Waals surface area (Å²) in [5.41, 5.74) is -0.367. The van der Waals surface area contributed by atoms with Crippen molar-refractivity contribution in [1.29, 1.82) is 0 Å². The van der Waals surface area contributed by atoms with Crippen molar-refractivity contribution in [2.45, 2.75) is 12.6 Å². The number of ether oxygens (including phenoxy) is 1. The van der Waals surface area contributed by atoms with Gasteiger partial charge in [-0.05, 0) is 30.3 Å². The van der Waals surface area contributed by atoms with Crippen LogP contribution in [0.4, 0.5) is 11.6 Å². The normalized spacial score (nSPS) is 12.6. The molecule has 3 heterocycles. The molecule has 5 rings (SSSR count). The molecule has 0 amide bonds. The number of aliphatic hydroxyl groups is 1. The zero-order valence-electron chi connectivity index (χ0n) is 18.8. The number of imidazole rings is 1. The number of benzene rings is 2. The average molecular weight is 554 g/mol. The van der Waals surface area contributed by atoms with Crippen molar-refractivity contribution < 1.29 is 14.9 Å². The molecule has 4 N–H and O–H groups in total. The highest BCUT2D eigenvalue weighted by Gasteiger charge is 2.20. The van der Waals surface area contributed by atoms with Crippen LogP contribution in [0.2, 0.25) is 0 Å². The predicted octanol–water partition coefficient (Wildman–Crippen LogP) is 3.23. The number of aromatic hydroxyl groups is 1. The molecule has 3 aromatic heterocycles. The Morgan fingerprint density at radius 1 is 1.11 bits per heavy atom. The van der Waals surface area contributed by atoms with Crippen LogP contribution < -0.4 is 16.0 Å². The first-order valence-electron chi connectivity index (χ1n) is 10.8. The molecule has 0 saturated heterocycles. The molecule has 2 aromatic carbocycles. The van der Waals surface area contributed by atoms with E-state index in [1.54, 1.807) is 30.3 Å². The second-order valence-corrected chi connectivity index (χ2v) is 8.92. The van der Waals surface area contributed by atoms with E-state index in [2.05, 4.69) is 41.1 Å². The van der Waals surface area contributed by atoms with Crippen LogP contribution in [-0.2, 0) is 13.6 Å². The van der Waals surface area contributed by atoms with Crippen LogP contribution in [0.25, 0.3) is 22.1 Å². The number of para-hydroxylation sites is 1. The zero-order chi connectivity index (χ0) is 25.4. The summed E-state index contributed by atoms with van der Waals surface area (Å²) in [7, 11) is 1.46. The molecule has 0 bridgehead atoms. The smallest absolute Gasteiger partial charge is 0.329 e. The predicted molar refractivity (Wildman–Crippen MR) is 135 cm³/mol. The van der Waals surface area contributed by atoms with Gasteiger partial charge in [0.15, 0.2) is 16.9 Å². The van der Waals surface area contributed by atoms with Crippen LogP contribution in [0, 0.1) is 0 Å². The number of H-pyrrole nitrogens is 2. The maximum atomic E-state index is 12.7. The highest BCUT2D eigenvalue weighted by Crippen LogP contribution is 2.36. The summed E-state index contributed by atoms with van der Waals surface area (Å²) < 4.78 is 9.06. The van der Waals surface area contributed by atoms with Crippen LogP contribution in [0.1, 0.15) is 0 Å². The first kappa shape index (κ1) is 23.5. The molecule has 1 unspecified atom stereocenters. The van der Waals surface area contributed by atoms with Crippen LogP contribution in [0.15, 0.2) is 72.8 Å². The van der Waals surface area contributed by atoms with Crippen molar-refractivity contribution in [1.82, 2.24) is 24.1 Å². The summed E-state index contributed by atoms with van der Waals surface area (Å²) in [6, 6.07) is 14.3. The Labute approximate surface area is 210 Å². The summed E-state index contributed by atoms with van der Waals surface area (Å²) in [4.78, 5) is 34.2. The van der Waals surface area contributed by atoms with Gasteiger partial charge in [-0.3, -0.25) is 18.9 Å². The molecule has 0 spiro atoms. The van der Waals surface area contributed by atoms with Gasteiger partial charge in [-0.1, -0.05) is 34.1 Å². The van der Waals surface area contributed by atoms with Crippen LogP contribution in [-0.4, -0.2) is 47.0 Å². The summed E-state index contributed by atoms with van der Waals surface area (Å²) in [6.07, 6.45) is -1.06. The first-order chi connectivity index (χ1) is 17.3. The van der Waals surface area contributed by atoms with Crippen molar-refractivity contribution in [3.63, 3.8) is 0 Å². The number of aliphatic hydroxyl groups excluding tert-OH is 1. The Kier molecular flexibility index (Phi) is 6.16. The number of aryl methyl sites for hydroxylation is 1. The molecule has 0 aliphatic carbocycles. The van der Waals surface area contributed by atoms with Gasteiger partial charge in [0.1, 0.15) is 18.5 Å². The number of azo groups is 1. The van der Waals surface area contributed by atoms with E-state index in [9.17, 15) is 19.8 Å². The van der Waals surface area contributed by atoms with E-state index in [1.165, 1.54) is 16.2 Å². The van der Waals surface area contributed by atoms with Gasteiger partial charge in [-0.25, -0.2) is 4.79 Å². The van der Waals surface area contributed by atoms with Crippen molar-refractivity contribution in [3.8, 4) is 11.6 Å². The number of hydrogen-bond donors (Lipinski definition) is 4. The van der Waals surface area contributed by atoms with E-state index >= 15 is 0 Å². The van der Waals surface area contributed by atoms with Crippen molar-refractivity contribution in [2.24, 2.45) is 17.3 Å². The SMILES string of the molecule is Cn1c(=O)[nH]c(=O)c2c1nc(N=Nc1c(O)[nH]c3ccccc13)n2CC(O)COc1ccc(Br)cc1. The first-order valence-corrected chi connectivity index (χ1v) is 11.6. The molecule has 36 heavy (non-hydrogen) atoms. The minimum Gasteiger partial charge on any atom is -0.493 e. The largest absolute Gasteiger partial charge is 0.493 e. The van der Waals surface area contributed by atoms with Gasteiger partial charge < -0.3 is 19.9 Å². The molecular weight excluding hydrogens is 534 g/mol. The molecule has 184 valence electrons. The molecule has 1 atom stereocenters. The Hall–Kier alpha value is -4.23. The van der Waals surface area contributed by atoms with Crippen molar-refractivity contribution in [2.75, 3.05) is 6.61 Å². The fourth-order valence-corrected chi connectivity index (χ4v) is 4.03. The quantitative estimate of drug-likeness (QED) is 0.226. The number of nitrogens with one attached hydrogen (secondary N) is 2. The standard InChI is InChI=1S/C23H20BrN7O5/c1-30-19-18(21(34)27-23(30)35)31(10-13(32)11-36-14-8-6-12(24)7-9-14)22(26-19)29-28-17-15-4-2-3-5-16(15)25-20(17)33/h2-9,13,25,32-33H,10-11H2,1H3,(H,27,34,35). The third-order valence-electron chi connectivity index (χ3n) is 5.54. The molecule has 13 heteroatoms. The number of nitrogens with zero attached hydrogens (tertiary/aromatic N) is 5. The van der Waals surface area contributed by atoms with Crippen LogP contribution >= 0.6 is 15.9 Å². The van der Waals surface area contributed by atoms with E-state index in [4.69, 9.17) is 4.74 Å². The monoisotopic (exact) mass is 553 g/mol. The topological polar surface area (TPSA) is 163 Å². The van der Waals surface area contributed by atoms with Crippen LogP contribution in [0.3, 0.4) is 0 Å². The maximum Gasteiger partial charge on any atom is 0.329 e. The van der Waals surface area contributed by atoms with Gasteiger partial charge in [-0.15, -0.1) is 10.2 Å². The molecule has 0 aliphatic rings.